The molecule has 2 heterocycles. The van der Waals surface area contributed by atoms with Crippen LogP contribution in [0.3, 0.4) is 0 Å². The molecule has 0 bridgehead atoms. The molecule has 0 aromatic carbocycles. The third-order valence-electron chi connectivity index (χ3n) is 11.7. The van der Waals surface area contributed by atoms with E-state index in [-0.39, 0.29) is 53.6 Å². The molecule has 4 aliphatic carbocycles. The highest BCUT2D eigenvalue weighted by molar-refractivity contribution is 5.97. The maximum Gasteiger partial charge on any atom is 0.333 e. The van der Waals surface area contributed by atoms with Gasteiger partial charge in [-0.25, -0.2) is 4.79 Å². The lowest BCUT2D eigenvalue weighted by Gasteiger charge is -2.61. The first-order valence-corrected chi connectivity index (χ1v) is 13.2. The summed E-state index contributed by atoms with van der Waals surface area (Å²) in [6.07, 6.45) is 2.83. The monoisotopic (exact) mass is 486 g/mol. The number of hydrogen-bond donors (Lipinski definition) is 3. The number of ketones is 1. The Morgan fingerprint density at radius 3 is 2.54 bits per heavy atom. The SMILES string of the molecule is CC1=C(C)C(=O)OC(C(C)C2CC(O)C3C4C5OC5[C@@]5(O)CC=CC(=O)C5(C)C4CC(O)C23C)C1. The highest BCUT2D eigenvalue weighted by Crippen LogP contribution is 2.71. The number of aliphatic hydroxyl groups excluding tert-OH is 2. The van der Waals surface area contributed by atoms with Gasteiger partial charge in [-0.1, -0.05) is 25.5 Å². The van der Waals surface area contributed by atoms with Crippen molar-refractivity contribution < 1.29 is 34.4 Å². The van der Waals surface area contributed by atoms with Crippen LogP contribution in [0.2, 0.25) is 0 Å². The lowest BCUT2D eigenvalue weighted by molar-refractivity contribution is -0.207. The van der Waals surface area contributed by atoms with E-state index in [1.54, 1.807) is 19.1 Å². The van der Waals surface area contributed by atoms with Gasteiger partial charge in [0.2, 0.25) is 0 Å². The smallest absolute Gasteiger partial charge is 0.333 e. The molecule has 35 heavy (non-hydrogen) atoms. The first-order chi connectivity index (χ1) is 16.4. The third-order valence-corrected chi connectivity index (χ3v) is 11.7. The largest absolute Gasteiger partial charge is 0.458 e. The summed E-state index contributed by atoms with van der Waals surface area (Å²) < 4.78 is 11.9. The van der Waals surface area contributed by atoms with Gasteiger partial charge in [0, 0.05) is 17.4 Å². The van der Waals surface area contributed by atoms with Gasteiger partial charge in [-0.3, -0.25) is 4.79 Å². The highest BCUT2D eigenvalue weighted by Gasteiger charge is 2.79. The average molecular weight is 487 g/mol. The normalized spacial score (nSPS) is 55.5. The maximum absolute atomic E-state index is 13.3. The second kappa shape index (κ2) is 7.27. The first kappa shape index (κ1) is 23.8. The van der Waals surface area contributed by atoms with Gasteiger partial charge < -0.3 is 24.8 Å². The van der Waals surface area contributed by atoms with Crippen molar-refractivity contribution in [1.82, 2.24) is 0 Å². The second-order valence-electron chi connectivity index (χ2n) is 12.8. The van der Waals surface area contributed by atoms with E-state index < -0.39 is 34.7 Å². The molecule has 6 aliphatic rings. The molecule has 7 nitrogen and oxygen atoms in total. The van der Waals surface area contributed by atoms with Crippen molar-refractivity contribution in [2.24, 2.45) is 40.4 Å². The van der Waals surface area contributed by atoms with E-state index in [4.69, 9.17) is 9.47 Å². The predicted octanol–water partition coefficient (Wildman–Crippen LogP) is 2.32. The number of hydrogen-bond acceptors (Lipinski definition) is 7. The number of allylic oxidation sites excluding steroid dienone is 1. The van der Waals surface area contributed by atoms with Gasteiger partial charge in [0.15, 0.2) is 5.78 Å². The van der Waals surface area contributed by atoms with Crippen LogP contribution in [0.4, 0.5) is 0 Å². The average Bonchev–Trinajstić information content (AvgIpc) is 3.55. The molecule has 7 heteroatoms. The van der Waals surface area contributed by atoms with Gasteiger partial charge in [-0.15, -0.1) is 0 Å². The lowest BCUT2D eigenvalue weighted by Crippen LogP contribution is -2.69. The summed E-state index contributed by atoms with van der Waals surface area (Å²) in [4.78, 5) is 25.7. The van der Waals surface area contributed by atoms with E-state index in [2.05, 4.69) is 13.8 Å². The summed E-state index contributed by atoms with van der Waals surface area (Å²) in [5.74, 6) is -1.19. The van der Waals surface area contributed by atoms with Gasteiger partial charge in [-0.2, -0.15) is 0 Å². The van der Waals surface area contributed by atoms with Crippen LogP contribution in [0.15, 0.2) is 23.3 Å². The molecule has 2 aliphatic heterocycles. The number of cyclic esters (lactones) is 1. The quantitative estimate of drug-likeness (QED) is 0.405. The van der Waals surface area contributed by atoms with Crippen LogP contribution < -0.4 is 0 Å². The van der Waals surface area contributed by atoms with Crippen molar-refractivity contribution in [2.45, 2.75) is 96.4 Å². The standard InChI is InChI=1S/C28H38O7/c1-12-9-18(34-25(32)13(12)2)14(3)15-10-17(29)22-21-16(11-20(31)26(15,22)4)27(5)19(30)7-6-8-28(27,33)24-23(21)35-24/h6-7,14-18,20-24,29,31,33H,8-11H2,1-5H3/t14?,15?,16?,17?,18?,20?,21?,22?,23?,24?,26?,27?,28-/m0/s1. The number of rotatable bonds is 2. The van der Waals surface area contributed by atoms with Gasteiger partial charge in [0.05, 0.1) is 23.7 Å². The molecule has 3 saturated carbocycles. The van der Waals surface area contributed by atoms with Gasteiger partial charge in [0.25, 0.3) is 0 Å². The molecule has 0 aromatic heterocycles. The Balaban J connectivity index is 1.37. The summed E-state index contributed by atoms with van der Waals surface area (Å²) in [5, 5.41) is 35.0. The molecule has 0 aromatic rings. The fourth-order valence-electron chi connectivity index (χ4n) is 9.31. The van der Waals surface area contributed by atoms with Gasteiger partial charge in [-0.05, 0) is 75.7 Å². The zero-order chi connectivity index (χ0) is 25.2. The molecule has 0 amide bonds. The van der Waals surface area contributed by atoms with Gasteiger partial charge in [0.1, 0.15) is 17.8 Å². The topological polar surface area (TPSA) is 117 Å². The van der Waals surface area contributed by atoms with Crippen LogP contribution in [0.1, 0.15) is 60.3 Å². The molecule has 192 valence electrons. The van der Waals surface area contributed by atoms with Crippen LogP contribution >= 0.6 is 0 Å². The van der Waals surface area contributed by atoms with Crippen LogP contribution in [-0.4, -0.2) is 63.2 Å². The molecule has 13 atom stereocenters. The number of aliphatic hydroxyl groups is 3. The number of carbonyl (C=O) groups is 2. The third kappa shape index (κ3) is 2.76. The molecule has 1 saturated heterocycles. The van der Waals surface area contributed by atoms with E-state index in [0.717, 1.165) is 5.57 Å². The Kier molecular flexibility index (Phi) is 4.95. The minimum absolute atomic E-state index is 0.0517. The summed E-state index contributed by atoms with van der Waals surface area (Å²) in [6.45, 7) is 9.73. The molecular formula is C28H38O7. The van der Waals surface area contributed by atoms with E-state index in [9.17, 15) is 24.9 Å². The number of epoxide rings is 1. The van der Waals surface area contributed by atoms with Crippen molar-refractivity contribution in [1.29, 1.82) is 0 Å². The molecular weight excluding hydrogens is 448 g/mol. The van der Waals surface area contributed by atoms with Crippen LogP contribution in [0.25, 0.3) is 0 Å². The Labute approximate surface area is 206 Å². The number of carbonyl (C=O) groups excluding carboxylic acids is 2. The number of esters is 1. The minimum Gasteiger partial charge on any atom is -0.458 e. The second-order valence-corrected chi connectivity index (χ2v) is 12.8. The maximum atomic E-state index is 13.3. The first-order valence-electron chi connectivity index (χ1n) is 13.2. The van der Waals surface area contributed by atoms with Crippen LogP contribution in [0, 0.1) is 40.4 Å². The van der Waals surface area contributed by atoms with E-state index in [1.807, 2.05) is 13.8 Å². The van der Waals surface area contributed by atoms with E-state index >= 15 is 0 Å². The predicted molar refractivity (Wildman–Crippen MR) is 126 cm³/mol. The lowest BCUT2D eigenvalue weighted by atomic mass is 9.42. The Morgan fingerprint density at radius 2 is 1.86 bits per heavy atom. The fraction of sp³-hybridized carbons (Fsp3) is 0.786. The minimum atomic E-state index is -1.29. The summed E-state index contributed by atoms with van der Waals surface area (Å²) in [5.41, 5.74) is -1.27. The zero-order valence-corrected chi connectivity index (χ0v) is 21.2. The van der Waals surface area contributed by atoms with Crippen molar-refractivity contribution in [3.8, 4) is 0 Å². The summed E-state index contributed by atoms with van der Waals surface area (Å²) >= 11 is 0. The van der Waals surface area contributed by atoms with Gasteiger partial charge >= 0.3 is 5.97 Å². The number of ether oxygens (including phenoxy) is 2. The Morgan fingerprint density at radius 1 is 1.14 bits per heavy atom. The molecule has 12 unspecified atom stereocenters. The molecule has 3 N–H and O–H groups in total. The highest BCUT2D eigenvalue weighted by atomic mass is 16.6. The Hall–Kier alpha value is -1.54. The Bertz CT molecular complexity index is 1050. The van der Waals surface area contributed by atoms with Crippen molar-refractivity contribution >= 4 is 11.8 Å². The molecule has 0 spiro atoms. The number of fused-ring (bicyclic) bond motifs is 8. The van der Waals surface area contributed by atoms with Crippen LogP contribution in [-0.2, 0) is 19.1 Å². The van der Waals surface area contributed by atoms with Crippen molar-refractivity contribution in [3.63, 3.8) is 0 Å². The van der Waals surface area contributed by atoms with E-state index in [1.165, 1.54) is 0 Å². The fourth-order valence-corrected chi connectivity index (χ4v) is 9.31. The van der Waals surface area contributed by atoms with Crippen LogP contribution in [0.5, 0.6) is 0 Å². The summed E-state index contributed by atoms with van der Waals surface area (Å²) in [7, 11) is 0. The van der Waals surface area contributed by atoms with Crippen molar-refractivity contribution in [2.75, 3.05) is 0 Å². The molecule has 0 radical (unpaired) electrons. The molecule has 6 rings (SSSR count). The zero-order valence-electron chi connectivity index (χ0n) is 21.2. The molecule has 4 fully saturated rings. The van der Waals surface area contributed by atoms with E-state index in [0.29, 0.717) is 31.3 Å². The van der Waals surface area contributed by atoms with Crippen molar-refractivity contribution in [3.05, 3.63) is 23.3 Å². The summed E-state index contributed by atoms with van der Waals surface area (Å²) in [6, 6.07) is 0.